The van der Waals surface area contributed by atoms with Gasteiger partial charge in [0, 0.05) is 19.7 Å². The van der Waals surface area contributed by atoms with Crippen molar-refractivity contribution >= 4 is 5.97 Å². The number of hydrogen-bond donors (Lipinski definition) is 1. The maximum absolute atomic E-state index is 11.2. The second kappa shape index (κ2) is 2.96. The zero-order valence-electron chi connectivity index (χ0n) is 7.82. The minimum absolute atomic E-state index is 0.281. The summed E-state index contributed by atoms with van der Waals surface area (Å²) in [5.41, 5.74) is -0.618. The first-order valence-electron chi connectivity index (χ1n) is 4.65. The van der Waals surface area contributed by atoms with Gasteiger partial charge in [-0.1, -0.05) is 0 Å². The summed E-state index contributed by atoms with van der Waals surface area (Å²) in [5, 5.41) is 9.21. The van der Waals surface area contributed by atoms with E-state index >= 15 is 0 Å². The SMILES string of the molecule is CN1C[C@H]2CCOC[C@@]2(C(=O)O)C1. The monoisotopic (exact) mass is 185 g/mol. The third kappa shape index (κ3) is 1.25. The van der Waals surface area contributed by atoms with E-state index in [4.69, 9.17) is 4.74 Å². The molecule has 0 spiro atoms. The van der Waals surface area contributed by atoms with E-state index in [0.29, 0.717) is 19.8 Å². The average Bonchev–Trinajstić information content (AvgIpc) is 2.41. The maximum atomic E-state index is 11.2. The van der Waals surface area contributed by atoms with Gasteiger partial charge in [-0.25, -0.2) is 0 Å². The normalized spacial score (nSPS) is 40.2. The molecule has 2 aliphatic rings. The first-order valence-corrected chi connectivity index (χ1v) is 4.65. The highest BCUT2D eigenvalue weighted by atomic mass is 16.5. The summed E-state index contributed by atoms with van der Waals surface area (Å²) >= 11 is 0. The Morgan fingerprint density at radius 2 is 2.46 bits per heavy atom. The molecule has 0 radical (unpaired) electrons. The number of carboxylic acid groups (broad SMARTS) is 1. The fraction of sp³-hybridized carbons (Fsp3) is 0.889. The Morgan fingerprint density at radius 3 is 3.08 bits per heavy atom. The van der Waals surface area contributed by atoms with Gasteiger partial charge in [-0.05, 0) is 19.4 Å². The number of carbonyl (C=O) groups is 1. The Kier molecular flexibility index (Phi) is 2.04. The van der Waals surface area contributed by atoms with E-state index in [1.807, 2.05) is 7.05 Å². The van der Waals surface area contributed by atoms with Crippen molar-refractivity contribution < 1.29 is 14.6 Å². The molecule has 0 aromatic carbocycles. The third-order valence-electron chi connectivity index (χ3n) is 3.26. The molecule has 4 heteroatoms. The Bertz CT molecular complexity index is 231. The number of nitrogens with zero attached hydrogens (tertiary/aromatic N) is 1. The smallest absolute Gasteiger partial charge is 0.313 e. The number of rotatable bonds is 1. The van der Waals surface area contributed by atoms with E-state index in [0.717, 1.165) is 13.0 Å². The summed E-state index contributed by atoms with van der Waals surface area (Å²) < 4.78 is 5.29. The van der Waals surface area contributed by atoms with Crippen LogP contribution in [0.2, 0.25) is 0 Å². The quantitative estimate of drug-likeness (QED) is 0.626. The molecule has 2 rings (SSSR count). The molecule has 2 heterocycles. The van der Waals surface area contributed by atoms with E-state index in [2.05, 4.69) is 4.90 Å². The van der Waals surface area contributed by atoms with Crippen LogP contribution in [-0.2, 0) is 9.53 Å². The van der Waals surface area contributed by atoms with Crippen molar-refractivity contribution in [1.29, 1.82) is 0 Å². The van der Waals surface area contributed by atoms with Crippen molar-refractivity contribution in [1.82, 2.24) is 4.90 Å². The van der Waals surface area contributed by atoms with Crippen molar-refractivity contribution in [2.75, 3.05) is 33.4 Å². The topological polar surface area (TPSA) is 49.8 Å². The van der Waals surface area contributed by atoms with Gasteiger partial charge in [0.2, 0.25) is 0 Å². The van der Waals surface area contributed by atoms with Crippen LogP contribution in [0.25, 0.3) is 0 Å². The Labute approximate surface area is 77.5 Å². The number of carboxylic acids is 1. The molecular formula is C9H15NO3. The second-order valence-electron chi connectivity index (χ2n) is 4.20. The van der Waals surface area contributed by atoms with Crippen molar-refractivity contribution in [2.24, 2.45) is 11.3 Å². The molecule has 0 saturated carbocycles. The Morgan fingerprint density at radius 1 is 1.69 bits per heavy atom. The zero-order valence-corrected chi connectivity index (χ0v) is 7.82. The minimum Gasteiger partial charge on any atom is -0.481 e. The molecule has 0 unspecified atom stereocenters. The molecule has 2 atom stereocenters. The third-order valence-corrected chi connectivity index (χ3v) is 3.26. The lowest BCUT2D eigenvalue weighted by Gasteiger charge is -2.34. The average molecular weight is 185 g/mol. The van der Waals surface area contributed by atoms with Gasteiger partial charge in [0.1, 0.15) is 5.41 Å². The number of fused-ring (bicyclic) bond motifs is 1. The predicted octanol–water partition coefficient (Wildman–Crippen LogP) is 0.0393. The molecular weight excluding hydrogens is 170 g/mol. The lowest BCUT2D eigenvalue weighted by Crippen LogP contribution is -2.46. The van der Waals surface area contributed by atoms with Crippen LogP contribution in [0.1, 0.15) is 6.42 Å². The molecule has 1 N–H and O–H groups in total. The first kappa shape index (κ1) is 8.97. The summed E-state index contributed by atoms with van der Waals surface area (Å²) in [4.78, 5) is 13.3. The van der Waals surface area contributed by atoms with Crippen molar-refractivity contribution in [3.63, 3.8) is 0 Å². The molecule has 4 nitrogen and oxygen atoms in total. The lowest BCUT2D eigenvalue weighted by atomic mass is 9.76. The Hall–Kier alpha value is -0.610. The number of likely N-dealkylation sites (tertiary alicyclic amines) is 1. The second-order valence-corrected chi connectivity index (χ2v) is 4.20. The Balaban J connectivity index is 2.24. The van der Waals surface area contributed by atoms with Crippen LogP contribution in [0.15, 0.2) is 0 Å². The molecule has 2 fully saturated rings. The van der Waals surface area contributed by atoms with Gasteiger partial charge >= 0.3 is 5.97 Å². The van der Waals surface area contributed by atoms with Crippen LogP contribution < -0.4 is 0 Å². The molecule has 2 saturated heterocycles. The first-order chi connectivity index (χ1) is 6.15. The van der Waals surface area contributed by atoms with Gasteiger partial charge in [-0.2, -0.15) is 0 Å². The lowest BCUT2D eigenvalue weighted by molar-refractivity contribution is -0.159. The fourth-order valence-corrected chi connectivity index (χ4v) is 2.54. The van der Waals surface area contributed by atoms with Crippen LogP contribution in [0, 0.1) is 11.3 Å². The highest BCUT2D eigenvalue weighted by Gasteiger charge is 2.53. The van der Waals surface area contributed by atoms with Crippen LogP contribution in [0.5, 0.6) is 0 Å². The highest BCUT2D eigenvalue weighted by molar-refractivity contribution is 5.76. The molecule has 0 aliphatic carbocycles. The molecule has 13 heavy (non-hydrogen) atoms. The minimum atomic E-state index is -0.693. The molecule has 2 aliphatic heterocycles. The van der Waals surface area contributed by atoms with Gasteiger partial charge < -0.3 is 14.7 Å². The highest BCUT2D eigenvalue weighted by Crippen LogP contribution is 2.40. The maximum Gasteiger partial charge on any atom is 0.313 e. The molecule has 0 aromatic heterocycles. The van der Waals surface area contributed by atoms with Gasteiger partial charge in [-0.15, -0.1) is 0 Å². The van der Waals surface area contributed by atoms with E-state index < -0.39 is 11.4 Å². The fourth-order valence-electron chi connectivity index (χ4n) is 2.54. The van der Waals surface area contributed by atoms with Gasteiger partial charge in [-0.3, -0.25) is 4.79 Å². The van der Waals surface area contributed by atoms with E-state index in [-0.39, 0.29) is 5.92 Å². The number of ether oxygens (including phenoxy) is 1. The summed E-state index contributed by atoms with van der Waals surface area (Å²) in [6.07, 6.45) is 0.886. The van der Waals surface area contributed by atoms with Crippen molar-refractivity contribution in [2.45, 2.75) is 6.42 Å². The van der Waals surface area contributed by atoms with Crippen LogP contribution in [-0.4, -0.2) is 49.3 Å². The van der Waals surface area contributed by atoms with Gasteiger partial charge in [0.15, 0.2) is 0 Å². The summed E-state index contributed by atoms with van der Waals surface area (Å²) in [7, 11) is 1.98. The van der Waals surface area contributed by atoms with E-state index in [9.17, 15) is 9.90 Å². The van der Waals surface area contributed by atoms with Crippen LogP contribution >= 0.6 is 0 Å². The molecule has 0 bridgehead atoms. The summed E-state index contributed by atoms with van der Waals surface area (Å²) in [5.74, 6) is -0.412. The summed E-state index contributed by atoms with van der Waals surface area (Å²) in [6.45, 7) is 2.63. The molecule has 74 valence electrons. The molecule has 0 amide bonds. The number of aliphatic carboxylic acids is 1. The van der Waals surface area contributed by atoms with E-state index in [1.165, 1.54) is 0 Å². The van der Waals surface area contributed by atoms with Crippen LogP contribution in [0.4, 0.5) is 0 Å². The largest absolute Gasteiger partial charge is 0.481 e. The summed E-state index contributed by atoms with van der Waals surface area (Å²) in [6, 6.07) is 0. The van der Waals surface area contributed by atoms with Gasteiger partial charge in [0.05, 0.1) is 6.61 Å². The standard InChI is InChI=1S/C9H15NO3/c1-10-4-7-2-3-13-6-9(7,5-10)8(11)12/h7H,2-6H2,1H3,(H,11,12)/t7-,9+/m1/s1. The van der Waals surface area contributed by atoms with Crippen LogP contribution in [0.3, 0.4) is 0 Å². The van der Waals surface area contributed by atoms with Gasteiger partial charge in [0.25, 0.3) is 0 Å². The zero-order chi connectivity index (χ0) is 9.47. The van der Waals surface area contributed by atoms with E-state index in [1.54, 1.807) is 0 Å². The van der Waals surface area contributed by atoms with Crippen molar-refractivity contribution in [3.8, 4) is 0 Å². The predicted molar refractivity (Wildman–Crippen MR) is 46.5 cm³/mol. The number of hydrogen-bond acceptors (Lipinski definition) is 3. The van der Waals surface area contributed by atoms with Crippen molar-refractivity contribution in [3.05, 3.63) is 0 Å². The molecule has 0 aromatic rings.